The highest BCUT2D eigenvalue weighted by molar-refractivity contribution is 6.31. The summed E-state index contributed by atoms with van der Waals surface area (Å²) in [6.45, 7) is 0. The SMILES string of the molecule is Clc1ccc2oc(-c3ccc(-c4ccco4)cc3)nc2c1. The Labute approximate surface area is 125 Å². The fraction of sp³-hybridized carbons (Fsp3) is 0. The van der Waals surface area contributed by atoms with Crippen molar-refractivity contribution in [3.05, 3.63) is 65.9 Å². The fourth-order valence-electron chi connectivity index (χ4n) is 2.24. The molecule has 2 aromatic heterocycles. The van der Waals surface area contributed by atoms with E-state index in [1.807, 2.05) is 42.5 Å². The van der Waals surface area contributed by atoms with E-state index in [1.54, 1.807) is 18.4 Å². The van der Waals surface area contributed by atoms with Crippen molar-refractivity contribution < 1.29 is 8.83 Å². The monoisotopic (exact) mass is 295 g/mol. The Kier molecular flexibility index (Phi) is 2.79. The number of halogens is 1. The molecular weight excluding hydrogens is 286 g/mol. The van der Waals surface area contributed by atoms with Gasteiger partial charge in [0.25, 0.3) is 0 Å². The number of nitrogens with zero attached hydrogens (tertiary/aromatic N) is 1. The molecule has 0 unspecified atom stereocenters. The predicted molar refractivity (Wildman–Crippen MR) is 82.2 cm³/mol. The van der Waals surface area contributed by atoms with Gasteiger partial charge in [-0.15, -0.1) is 0 Å². The third-order valence-electron chi connectivity index (χ3n) is 3.29. The Morgan fingerprint density at radius 3 is 2.48 bits per heavy atom. The largest absolute Gasteiger partial charge is 0.464 e. The zero-order chi connectivity index (χ0) is 14.2. The molecule has 0 aliphatic rings. The van der Waals surface area contributed by atoms with E-state index in [-0.39, 0.29) is 0 Å². The van der Waals surface area contributed by atoms with Crippen molar-refractivity contribution in [3.8, 4) is 22.8 Å². The number of hydrogen-bond acceptors (Lipinski definition) is 3. The van der Waals surface area contributed by atoms with E-state index < -0.39 is 0 Å². The second kappa shape index (κ2) is 4.79. The quantitative estimate of drug-likeness (QED) is 0.496. The normalized spacial score (nSPS) is 11.1. The molecule has 3 nitrogen and oxygen atoms in total. The zero-order valence-electron chi connectivity index (χ0n) is 10.9. The number of furan rings is 1. The van der Waals surface area contributed by atoms with E-state index in [9.17, 15) is 0 Å². The minimum atomic E-state index is 0.582. The molecule has 102 valence electrons. The molecule has 2 heterocycles. The summed E-state index contributed by atoms with van der Waals surface area (Å²) in [6, 6.07) is 17.1. The van der Waals surface area contributed by atoms with Crippen LogP contribution in [0, 0.1) is 0 Å². The summed E-state index contributed by atoms with van der Waals surface area (Å²) in [7, 11) is 0. The Balaban J connectivity index is 1.74. The van der Waals surface area contributed by atoms with E-state index in [4.69, 9.17) is 20.4 Å². The lowest BCUT2D eigenvalue weighted by Crippen LogP contribution is -1.78. The van der Waals surface area contributed by atoms with Crippen LogP contribution in [0.2, 0.25) is 5.02 Å². The van der Waals surface area contributed by atoms with E-state index >= 15 is 0 Å². The average molecular weight is 296 g/mol. The maximum atomic E-state index is 5.96. The van der Waals surface area contributed by atoms with Gasteiger partial charge in [0.2, 0.25) is 5.89 Å². The van der Waals surface area contributed by atoms with Crippen molar-refractivity contribution in [2.24, 2.45) is 0 Å². The smallest absolute Gasteiger partial charge is 0.227 e. The van der Waals surface area contributed by atoms with Crippen molar-refractivity contribution in [1.82, 2.24) is 4.98 Å². The van der Waals surface area contributed by atoms with E-state index in [0.29, 0.717) is 10.9 Å². The zero-order valence-corrected chi connectivity index (χ0v) is 11.7. The van der Waals surface area contributed by atoms with Crippen LogP contribution in [-0.2, 0) is 0 Å². The summed E-state index contributed by atoms with van der Waals surface area (Å²) >= 11 is 5.96. The fourth-order valence-corrected chi connectivity index (χ4v) is 2.41. The highest BCUT2D eigenvalue weighted by Gasteiger charge is 2.09. The minimum Gasteiger partial charge on any atom is -0.464 e. The number of hydrogen-bond donors (Lipinski definition) is 0. The molecule has 4 aromatic rings. The first-order chi connectivity index (χ1) is 10.3. The minimum absolute atomic E-state index is 0.582. The van der Waals surface area contributed by atoms with Crippen LogP contribution in [0.1, 0.15) is 0 Å². The Morgan fingerprint density at radius 1 is 0.905 bits per heavy atom. The lowest BCUT2D eigenvalue weighted by molar-refractivity contribution is 0.582. The van der Waals surface area contributed by atoms with Crippen molar-refractivity contribution >= 4 is 22.7 Å². The summed E-state index contributed by atoms with van der Waals surface area (Å²) < 4.78 is 11.1. The maximum absolute atomic E-state index is 5.96. The van der Waals surface area contributed by atoms with Crippen LogP contribution >= 0.6 is 11.6 Å². The van der Waals surface area contributed by atoms with Crippen LogP contribution in [0.4, 0.5) is 0 Å². The van der Waals surface area contributed by atoms with Crippen LogP contribution < -0.4 is 0 Å². The summed E-state index contributed by atoms with van der Waals surface area (Å²) in [5.74, 6) is 1.42. The number of rotatable bonds is 2. The lowest BCUT2D eigenvalue weighted by Gasteiger charge is -1.98. The summed E-state index contributed by atoms with van der Waals surface area (Å²) in [5, 5.41) is 0.649. The number of oxazole rings is 1. The van der Waals surface area contributed by atoms with Crippen molar-refractivity contribution in [2.75, 3.05) is 0 Å². The number of fused-ring (bicyclic) bond motifs is 1. The molecule has 0 spiro atoms. The number of benzene rings is 2. The van der Waals surface area contributed by atoms with Crippen LogP contribution in [0.25, 0.3) is 33.9 Å². The third-order valence-corrected chi connectivity index (χ3v) is 3.52. The van der Waals surface area contributed by atoms with Gasteiger partial charge in [-0.3, -0.25) is 0 Å². The molecule has 2 aromatic carbocycles. The molecule has 0 N–H and O–H groups in total. The van der Waals surface area contributed by atoms with E-state index in [1.165, 1.54) is 0 Å². The van der Waals surface area contributed by atoms with Gasteiger partial charge in [0.15, 0.2) is 5.58 Å². The predicted octanol–water partition coefficient (Wildman–Crippen LogP) is 5.41. The molecule has 21 heavy (non-hydrogen) atoms. The van der Waals surface area contributed by atoms with Gasteiger partial charge in [-0.2, -0.15) is 0 Å². The van der Waals surface area contributed by atoms with Crippen molar-refractivity contribution in [2.45, 2.75) is 0 Å². The van der Waals surface area contributed by atoms with Gasteiger partial charge in [0, 0.05) is 16.1 Å². The van der Waals surface area contributed by atoms with E-state index in [2.05, 4.69) is 4.98 Å². The van der Waals surface area contributed by atoms with Gasteiger partial charge in [-0.25, -0.2) is 4.98 Å². The van der Waals surface area contributed by atoms with Gasteiger partial charge in [-0.05, 0) is 42.5 Å². The second-order valence-corrected chi connectivity index (χ2v) is 5.12. The van der Waals surface area contributed by atoms with Gasteiger partial charge >= 0.3 is 0 Å². The molecule has 0 atom stereocenters. The van der Waals surface area contributed by atoms with Crippen LogP contribution in [-0.4, -0.2) is 4.98 Å². The molecule has 0 saturated heterocycles. The summed E-state index contributed by atoms with van der Waals surface area (Å²) in [4.78, 5) is 4.46. The molecule has 0 aliphatic heterocycles. The van der Waals surface area contributed by atoms with Gasteiger partial charge in [0.1, 0.15) is 11.3 Å². The molecule has 0 amide bonds. The Morgan fingerprint density at radius 2 is 1.71 bits per heavy atom. The molecule has 4 rings (SSSR count). The standard InChI is InChI=1S/C17H10ClNO2/c18-13-7-8-16-14(10-13)19-17(21-16)12-5-3-11(4-6-12)15-2-1-9-20-15/h1-10H. The molecule has 0 saturated carbocycles. The molecular formula is C17H10ClNO2. The van der Waals surface area contributed by atoms with Gasteiger partial charge in [0.05, 0.1) is 6.26 Å². The van der Waals surface area contributed by atoms with Crippen LogP contribution in [0.5, 0.6) is 0 Å². The summed E-state index contributed by atoms with van der Waals surface area (Å²) in [6.07, 6.45) is 1.66. The topological polar surface area (TPSA) is 39.2 Å². The van der Waals surface area contributed by atoms with Crippen molar-refractivity contribution in [3.63, 3.8) is 0 Å². The molecule has 0 bridgehead atoms. The first-order valence-electron chi connectivity index (χ1n) is 6.50. The van der Waals surface area contributed by atoms with E-state index in [0.717, 1.165) is 28.0 Å². The lowest BCUT2D eigenvalue weighted by atomic mass is 10.1. The second-order valence-electron chi connectivity index (χ2n) is 4.69. The Bertz CT molecular complexity index is 892. The van der Waals surface area contributed by atoms with Gasteiger partial charge < -0.3 is 8.83 Å². The first-order valence-corrected chi connectivity index (χ1v) is 6.88. The third kappa shape index (κ3) is 2.22. The molecule has 4 heteroatoms. The summed E-state index contributed by atoms with van der Waals surface area (Å²) in [5.41, 5.74) is 3.41. The van der Waals surface area contributed by atoms with Crippen molar-refractivity contribution in [1.29, 1.82) is 0 Å². The molecule has 0 radical (unpaired) electrons. The van der Waals surface area contributed by atoms with Crippen LogP contribution in [0.15, 0.2) is 69.7 Å². The average Bonchev–Trinajstić information content (AvgIpc) is 3.16. The maximum Gasteiger partial charge on any atom is 0.227 e. The molecule has 0 aliphatic carbocycles. The molecule has 0 fully saturated rings. The Hall–Kier alpha value is -2.52. The highest BCUT2D eigenvalue weighted by Crippen LogP contribution is 2.28. The number of aromatic nitrogens is 1. The first kappa shape index (κ1) is 12.2. The highest BCUT2D eigenvalue weighted by atomic mass is 35.5. The van der Waals surface area contributed by atoms with Gasteiger partial charge in [-0.1, -0.05) is 23.7 Å². The van der Waals surface area contributed by atoms with Crippen LogP contribution in [0.3, 0.4) is 0 Å².